The average Bonchev–Trinajstić information content (AvgIpc) is 2.54. The number of rotatable bonds is 4. The second-order valence-electron chi connectivity index (χ2n) is 4.67. The number of benzene rings is 2. The Balaban J connectivity index is 2.34. The number of nitrogens with one attached hydrogen (secondary N) is 1. The Labute approximate surface area is 129 Å². The van der Waals surface area contributed by atoms with E-state index >= 15 is 0 Å². The number of hydrogen-bond acceptors (Lipinski definition) is 4. The standard InChI is InChI=1S/C17H16N2O3/c1-11-7-16(22-3)14(9-15(11)21-2)17(20)19-13-6-4-5-12(8-13)10-18/h4-9H,1-3H3,(H,19,20). The predicted octanol–water partition coefficient (Wildman–Crippen LogP) is 3.14. The lowest BCUT2D eigenvalue weighted by atomic mass is 10.1. The van der Waals surface area contributed by atoms with Crippen LogP contribution in [0.2, 0.25) is 0 Å². The van der Waals surface area contributed by atoms with Gasteiger partial charge < -0.3 is 14.8 Å². The molecule has 0 radical (unpaired) electrons. The summed E-state index contributed by atoms with van der Waals surface area (Å²) in [5, 5.41) is 11.6. The second kappa shape index (κ2) is 6.64. The highest BCUT2D eigenvalue weighted by atomic mass is 16.5. The van der Waals surface area contributed by atoms with E-state index in [-0.39, 0.29) is 5.91 Å². The number of carbonyl (C=O) groups is 1. The molecule has 0 bridgehead atoms. The van der Waals surface area contributed by atoms with Crippen LogP contribution in [0.1, 0.15) is 21.5 Å². The van der Waals surface area contributed by atoms with E-state index in [2.05, 4.69) is 5.32 Å². The molecular weight excluding hydrogens is 280 g/mol. The van der Waals surface area contributed by atoms with Crippen molar-refractivity contribution < 1.29 is 14.3 Å². The highest BCUT2D eigenvalue weighted by molar-refractivity contribution is 6.06. The first-order valence-corrected chi connectivity index (χ1v) is 6.63. The second-order valence-corrected chi connectivity index (χ2v) is 4.67. The third-order valence-corrected chi connectivity index (χ3v) is 3.21. The molecule has 22 heavy (non-hydrogen) atoms. The maximum atomic E-state index is 12.4. The molecule has 2 rings (SSSR count). The molecule has 1 amide bonds. The minimum Gasteiger partial charge on any atom is -0.496 e. The first-order valence-electron chi connectivity index (χ1n) is 6.63. The highest BCUT2D eigenvalue weighted by Crippen LogP contribution is 2.29. The molecule has 0 aliphatic rings. The monoisotopic (exact) mass is 296 g/mol. The van der Waals surface area contributed by atoms with Crippen LogP contribution in [-0.2, 0) is 0 Å². The smallest absolute Gasteiger partial charge is 0.259 e. The van der Waals surface area contributed by atoms with Crippen molar-refractivity contribution in [2.75, 3.05) is 19.5 Å². The SMILES string of the molecule is COc1cc(C(=O)Nc2cccc(C#N)c2)c(OC)cc1C. The summed E-state index contributed by atoms with van der Waals surface area (Å²) in [6, 6.07) is 12.1. The Bertz CT molecular complexity index is 748. The van der Waals surface area contributed by atoms with Crippen LogP contribution in [-0.4, -0.2) is 20.1 Å². The molecule has 112 valence electrons. The van der Waals surface area contributed by atoms with Gasteiger partial charge in [0.2, 0.25) is 0 Å². The number of aryl methyl sites for hydroxylation is 1. The summed E-state index contributed by atoms with van der Waals surface area (Å²) in [7, 11) is 3.06. The molecule has 2 aromatic carbocycles. The molecule has 0 saturated carbocycles. The van der Waals surface area contributed by atoms with Gasteiger partial charge in [0, 0.05) is 5.69 Å². The van der Waals surface area contributed by atoms with E-state index in [0.717, 1.165) is 5.56 Å². The van der Waals surface area contributed by atoms with Crippen molar-refractivity contribution in [1.82, 2.24) is 0 Å². The van der Waals surface area contributed by atoms with Gasteiger partial charge in [-0.3, -0.25) is 4.79 Å². The predicted molar refractivity (Wildman–Crippen MR) is 83.4 cm³/mol. The van der Waals surface area contributed by atoms with Gasteiger partial charge in [0.15, 0.2) is 0 Å². The Morgan fingerprint density at radius 3 is 2.50 bits per heavy atom. The Hall–Kier alpha value is -3.00. The van der Waals surface area contributed by atoms with Crippen LogP contribution in [0.25, 0.3) is 0 Å². The lowest BCUT2D eigenvalue weighted by molar-refractivity contribution is 0.102. The number of hydrogen-bond donors (Lipinski definition) is 1. The fourth-order valence-corrected chi connectivity index (χ4v) is 2.09. The van der Waals surface area contributed by atoms with Gasteiger partial charge in [0.05, 0.1) is 31.4 Å². The molecule has 0 saturated heterocycles. The summed E-state index contributed by atoms with van der Waals surface area (Å²) in [5.41, 5.74) is 2.27. The summed E-state index contributed by atoms with van der Waals surface area (Å²) >= 11 is 0. The van der Waals surface area contributed by atoms with E-state index in [4.69, 9.17) is 14.7 Å². The van der Waals surface area contributed by atoms with Crippen LogP contribution in [0.4, 0.5) is 5.69 Å². The van der Waals surface area contributed by atoms with Gasteiger partial charge in [-0.2, -0.15) is 5.26 Å². The molecule has 0 fully saturated rings. The van der Waals surface area contributed by atoms with Crippen molar-refractivity contribution >= 4 is 11.6 Å². The Morgan fingerprint density at radius 2 is 1.86 bits per heavy atom. The van der Waals surface area contributed by atoms with E-state index < -0.39 is 0 Å². The molecule has 0 spiro atoms. The fourth-order valence-electron chi connectivity index (χ4n) is 2.09. The van der Waals surface area contributed by atoms with Crippen LogP contribution in [0, 0.1) is 18.3 Å². The maximum absolute atomic E-state index is 12.4. The van der Waals surface area contributed by atoms with Crippen LogP contribution in [0.15, 0.2) is 36.4 Å². The highest BCUT2D eigenvalue weighted by Gasteiger charge is 2.16. The number of nitriles is 1. The van der Waals surface area contributed by atoms with Crippen molar-refractivity contribution in [2.45, 2.75) is 6.92 Å². The van der Waals surface area contributed by atoms with Crippen LogP contribution < -0.4 is 14.8 Å². The lowest BCUT2D eigenvalue weighted by Crippen LogP contribution is -2.13. The van der Waals surface area contributed by atoms with Crippen molar-refractivity contribution in [2.24, 2.45) is 0 Å². The zero-order chi connectivity index (χ0) is 16.1. The van der Waals surface area contributed by atoms with Gasteiger partial charge in [-0.1, -0.05) is 6.07 Å². The normalized spacial score (nSPS) is 9.73. The number of carbonyl (C=O) groups excluding carboxylic acids is 1. The molecule has 0 aliphatic carbocycles. The fraction of sp³-hybridized carbons (Fsp3) is 0.176. The first kappa shape index (κ1) is 15.4. The summed E-state index contributed by atoms with van der Waals surface area (Å²) in [6.07, 6.45) is 0. The van der Waals surface area contributed by atoms with E-state index in [1.165, 1.54) is 7.11 Å². The molecular formula is C17H16N2O3. The van der Waals surface area contributed by atoms with Gasteiger partial charge in [-0.15, -0.1) is 0 Å². The van der Waals surface area contributed by atoms with E-state index in [1.54, 1.807) is 43.5 Å². The lowest BCUT2D eigenvalue weighted by Gasteiger charge is -2.13. The molecule has 5 nitrogen and oxygen atoms in total. The quantitative estimate of drug-likeness (QED) is 0.941. The Kier molecular flexibility index (Phi) is 4.64. The Morgan fingerprint density at radius 1 is 1.14 bits per heavy atom. The van der Waals surface area contributed by atoms with E-state index in [9.17, 15) is 4.79 Å². The van der Waals surface area contributed by atoms with Crippen molar-refractivity contribution in [3.05, 3.63) is 53.1 Å². The summed E-state index contributed by atoms with van der Waals surface area (Å²) in [5.74, 6) is 0.745. The molecule has 0 atom stereocenters. The zero-order valence-corrected chi connectivity index (χ0v) is 12.6. The topological polar surface area (TPSA) is 71.3 Å². The minimum absolute atomic E-state index is 0.328. The molecule has 5 heteroatoms. The molecule has 0 aliphatic heterocycles. The number of methoxy groups -OCH3 is 2. The van der Waals surface area contributed by atoms with Crippen LogP contribution in [0.5, 0.6) is 11.5 Å². The van der Waals surface area contributed by atoms with Crippen LogP contribution >= 0.6 is 0 Å². The van der Waals surface area contributed by atoms with Crippen molar-refractivity contribution in [3.63, 3.8) is 0 Å². The third-order valence-electron chi connectivity index (χ3n) is 3.21. The number of amides is 1. The molecule has 0 aromatic heterocycles. The molecule has 1 N–H and O–H groups in total. The van der Waals surface area contributed by atoms with Crippen molar-refractivity contribution in [3.8, 4) is 17.6 Å². The van der Waals surface area contributed by atoms with Gasteiger partial charge in [0.1, 0.15) is 11.5 Å². The third kappa shape index (κ3) is 3.18. The molecule has 2 aromatic rings. The average molecular weight is 296 g/mol. The number of anilines is 1. The largest absolute Gasteiger partial charge is 0.496 e. The number of ether oxygens (including phenoxy) is 2. The number of nitrogens with zero attached hydrogens (tertiary/aromatic N) is 1. The zero-order valence-electron chi connectivity index (χ0n) is 12.6. The van der Waals surface area contributed by atoms with Gasteiger partial charge in [0.25, 0.3) is 5.91 Å². The van der Waals surface area contributed by atoms with Gasteiger partial charge >= 0.3 is 0 Å². The molecule has 0 unspecified atom stereocenters. The first-order chi connectivity index (χ1) is 10.6. The van der Waals surface area contributed by atoms with Gasteiger partial charge in [-0.25, -0.2) is 0 Å². The molecule has 0 heterocycles. The van der Waals surface area contributed by atoms with Gasteiger partial charge in [-0.05, 0) is 42.8 Å². The van der Waals surface area contributed by atoms with E-state index in [1.807, 2.05) is 13.0 Å². The van der Waals surface area contributed by atoms with E-state index in [0.29, 0.717) is 28.3 Å². The summed E-state index contributed by atoms with van der Waals surface area (Å²) < 4.78 is 10.5. The maximum Gasteiger partial charge on any atom is 0.259 e. The summed E-state index contributed by atoms with van der Waals surface area (Å²) in [4.78, 5) is 12.4. The minimum atomic E-state index is -0.328. The van der Waals surface area contributed by atoms with Crippen molar-refractivity contribution in [1.29, 1.82) is 5.26 Å². The van der Waals surface area contributed by atoms with Crippen LogP contribution in [0.3, 0.4) is 0 Å². The summed E-state index contributed by atoms with van der Waals surface area (Å²) in [6.45, 7) is 1.87.